The topological polar surface area (TPSA) is 94.7 Å². The number of amides is 1. The van der Waals surface area contributed by atoms with Crippen molar-refractivity contribution in [3.63, 3.8) is 0 Å². The minimum absolute atomic E-state index is 0.140. The van der Waals surface area contributed by atoms with Gasteiger partial charge in [0.05, 0.1) is 37.1 Å². The van der Waals surface area contributed by atoms with Crippen molar-refractivity contribution < 1.29 is 18.1 Å². The average Bonchev–Trinajstić information content (AvgIpc) is 3.55. The van der Waals surface area contributed by atoms with E-state index >= 15 is 0 Å². The van der Waals surface area contributed by atoms with Crippen molar-refractivity contribution in [3.05, 3.63) is 29.8 Å². The highest BCUT2D eigenvalue weighted by Gasteiger charge is 2.43. The molecule has 1 aromatic carbocycles. The molecule has 7 nitrogen and oxygen atoms in total. The lowest BCUT2D eigenvalue weighted by Gasteiger charge is -2.32. The number of carbonyl (C=O) groups is 1. The zero-order chi connectivity index (χ0) is 21.1. The van der Waals surface area contributed by atoms with Crippen LogP contribution in [0.1, 0.15) is 38.7 Å². The third kappa shape index (κ3) is 5.16. The van der Waals surface area contributed by atoms with E-state index < -0.39 is 15.6 Å². The fourth-order valence-electron chi connectivity index (χ4n) is 3.93. The Balaban J connectivity index is 1.53. The maximum atomic E-state index is 12.9. The van der Waals surface area contributed by atoms with Gasteiger partial charge in [-0.3, -0.25) is 4.79 Å². The zero-order valence-corrected chi connectivity index (χ0v) is 18.1. The Morgan fingerprint density at radius 3 is 2.41 bits per heavy atom. The number of rotatable bonds is 8. The van der Waals surface area contributed by atoms with Gasteiger partial charge in [-0.05, 0) is 49.8 Å². The lowest BCUT2D eigenvalue weighted by molar-refractivity contribution is -0.895. The average molecular weight is 420 g/mol. The summed E-state index contributed by atoms with van der Waals surface area (Å²) in [6.45, 7) is 6.08. The van der Waals surface area contributed by atoms with E-state index in [-0.39, 0.29) is 18.4 Å². The Hall–Kier alpha value is -1.95. The van der Waals surface area contributed by atoms with Gasteiger partial charge in [0.25, 0.3) is 5.91 Å². The lowest BCUT2D eigenvalue weighted by Crippen LogP contribution is -3.16. The second kappa shape index (κ2) is 8.82. The zero-order valence-electron chi connectivity index (χ0n) is 17.3. The van der Waals surface area contributed by atoms with Gasteiger partial charge in [0.2, 0.25) is 10.0 Å². The molecule has 1 amide bonds. The molecule has 1 aliphatic carbocycles. The van der Waals surface area contributed by atoms with Gasteiger partial charge >= 0.3 is 0 Å². The number of nitriles is 1. The summed E-state index contributed by atoms with van der Waals surface area (Å²) in [5, 5.41) is 12.3. The normalized spacial score (nSPS) is 20.6. The Bertz CT molecular complexity index is 866. The lowest BCUT2D eigenvalue weighted by atomic mass is 9.98. The first-order chi connectivity index (χ1) is 13.8. The predicted octanol–water partition coefficient (Wildman–Crippen LogP) is 0.337. The van der Waals surface area contributed by atoms with Crippen LogP contribution in [-0.4, -0.2) is 56.9 Å². The summed E-state index contributed by atoms with van der Waals surface area (Å²) >= 11 is 0. The van der Waals surface area contributed by atoms with E-state index in [4.69, 9.17) is 0 Å². The van der Waals surface area contributed by atoms with Crippen LogP contribution in [0.4, 0.5) is 0 Å². The molecule has 1 saturated carbocycles. The molecule has 0 unspecified atom stereocenters. The van der Waals surface area contributed by atoms with E-state index in [9.17, 15) is 18.5 Å². The highest BCUT2D eigenvalue weighted by molar-refractivity contribution is 7.89. The Morgan fingerprint density at radius 2 is 1.90 bits per heavy atom. The van der Waals surface area contributed by atoms with Gasteiger partial charge < -0.3 is 10.2 Å². The number of hydrogen-bond acceptors (Lipinski definition) is 4. The third-order valence-corrected chi connectivity index (χ3v) is 7.88. The van der Waals surface area contributed by atoms with Crippen LogP contribution in [0.5, 0.6) is 0 Å². The summed E-state index contributed by atoms with van der Waals surface area (Å²) < 4.78 is 27.3. The van der Waals surface area contributed by atoms with Crippen LogP contribution in [-0.2, 0) is 21.2 Å². The van der Waals surface area contributed by atoms with Crippen molar-refractivity contribution in [3.8, 4) is 6.07 Å². The number of piperazine rings is 1. The van der Waals surface area contributed by atoms with E-state index in [2.05, 4.69) is 18.3 Å². The summed E-state index contributed by atoms with van der Waals surface area (Å²) in [4.78, 5) is 13.8. The van der Waals surface area contributed by atoms with E-state index in [1.165, 1.54) is 4.31 Å². The number of sulfonamides is 1. The molecule has 29 heavy (non-hydrogen) atoms. The minimum Gasteiger partial charge on any atom is -0.333 e. The highest BCUT2D eigenvalue weighted by atomic mass is 32.2. The molecule has 0 spiro atoms. The van der Waals surface area contributed by atoms with Crippen molar-refractivity contribution >= 4 is 15.9 Å². The van der Waals surface area contributed by atoms with Gasteiger partial charge in [0, 0.05) is 0 Å². The van der Waals surface area contributed by atoms with Crippen molar-refractivity contribution in [1.29, 1.82) is 5.26 Å². The van der Waals surface area contributed by atoms with Crippen LogP contribution in [0.3, 0.4) is 0 Å². The van der Waals surface area contributed by atoms with Crippen LogP contribution in [0, 0.1) is 17.2 Å². The number of aryl methyl sites for hydroxylation is 1. The maximum absolute atomic E-state index is 12.9. The Kier molecular flexibility index (Phi) is 6.62. The van der Waals surface area contributed by atoms with Gasteiger partial charge in [-0.15, -0.1) is 0 Å². The fourth-order valence-corrected chi connectivity index (χ4v) is 5.37. The van der Waals surface area contributed by atoms with Crippen LogP contribution in [0.2, 0.25) is 0 Å². The fraction of sp³-hybridized carbons (Fsp3) is 0.619. The monoisotopic (exact) mass is 419 g/mol. The van der Waals surface area contributed by atoms with Crippen LogP contribution >= 0.6 is 0 Å². The van der Waals surface area contributed by atoms with Crippen molar-refractivity contribution in [2.75, 3.05) is 32.7 Å². The van der Waals surface area contributed by atoms with Gasteiger partial charge in [-0.25, -0.2) is 8.42 Å². The summed E-state index contributed by atoms with van der Waals surface area (Å²) in [5.41, 5.74) is 0.355. The van der Waals surface area contributed by atoms with Gasteiger partial charge in [-0.2, -0.15) is 9.57 Å². The maximum Gasteiger partial charge on any atom is 0.276 e. The molecule has 0 radical (unpaired) electrons. The minimum atomic E-state index is -3.50. The molecular weight excluding hydrogens is 388 g/mol. The number of nitrogens with zero attached hydrogens (tertiary/aromatic N) is 2. The SMILES string of the molecule is CCCc1ccc(S(=O)(=O)N2CC[NH+](CC(=O)N[C@](C)(C#N)C3CC3)CC2)cc1. The smallest absolute Gasteiger partial charge is 0.276 e. The van der Waals surface area contributed by atoms with E-state index in [0.29, 0.717) is 31.1 Å². The molecule has 1 heterocycles. The van der Waals surface area contributed by atoms with Crippen molar-refractivity contribution in [2.24, 2.45) is 5.92 Å². The molecule has 2 fully saturated rings. The molecule has 1 aromatic rings. The van der Waals surface area contributed by atoms with E-state index in [0.717, 1.165) is 36.1 Å². The second-order valence-electron chi connectivity index (χ2n) is 8.36. The van der Waals surface area contributed by atoms with Crippen molar-refractivity contribution in [2.45, 2.75) is 50.0 Å². The number of nitrogens with one attached hydrogen (secondary N) is 2. The second-order valence-corrected chi connectivity index (χ2v) is 10.3. The number of hydrogen-bond donors (Lipinski definition) is 2. The summed E-state index contributed by atoms with van der Waals surface area (Å²) in [6, 6.07) is 9.38. The standard InChI is InChI=1S/C21H30N4O3S/c1-3-4-17-5-9-19(10-6-17)29(27,28)25-13-11-24(12-14-25)15-20(26)23-21(2,16-22)18-7-8-18/h5-6,9-10,18H,3-4,7-8,11-15H2,1-2H3,(H,23,26)/p+1/t21-/m1/s1. The van der Waals surface area contributed by atoms with Crippen LogP contribution in [0.25, 0.3) is 0 Å². The summed E-state index contributed by atoms with van der Waals surface area (Å²) in [7, 11) is -3.50. The molecule has 1 atom stereocenters. The number of quaternary nitrogens is 1. The van der Waals surface area contributed by atoms with Gasteiger partial charge in [0.1, 0.15) is 5.54 Å². The number of carbonyl (C=O) groups excluding carboxylic acids is 1. The van der Waals surface area contributed by atoms with Gasteiger partial charge in [-0.1, -0.05) is 25.5 Å². The molecule has 1 aliphatic heterocycles. The molecule has 1 saturated heterocycles. The molecule has 158 valence electrons. The molecule has 3 rings (SSSR count). The Morgan fingerprint density at radius 1 is 1.28 bits per heavy atom. The van der Waals surface area contributed by atoms with Crippen molar-refractivity contribution in [1.82, 2.24) is 9.62 Å². The summed E-state index contributed by atoms with van der Waals surface area (Å²) in [5.74, 6) is 0.107. The summed E-state index contributed by atoms with van der Waals surface area (Å²) in [6.07, 6.45) is 3.93. The van der Waals surface area contributed by atoms with E-state index in [1.807, 2.05) is 12.1 Å². The first-order valence-electron chi connectivity index (χ1n) is 10.4. The number of benzene rings is 1. The first-order valence-corrected chi connectivity index (χ1v) is 11.9. The van der Waals surface area contributed by atoms with Crippen LogP contribution in [0.15, 0.2) is 29.2 Å². The third-order valence-electron chi connectivity index (χ3n) is 5.97. The largest absolute Gasteiger partial charge is 0.333 e. The highest BCUT2D eigenvalue weighted by Crippen LogP contribution is 2.39. The quantitative estimate of drug-likeness (QED) is 0.635. The molecule has 2 N–H and O–H groups in total. The van der Waals surface area contributed by atoms with Gasteiger partial charge in [0.15, 0.2) is 6.54 Å². The molecule has 0 bridgehead atoms. The molecular formula is C21H31N4O3S+. The molecule has 8 heteroatoms. The Labute approximate surface area is 173 Å². The van der Waals surface area contributed by atoms with E-state index in [1.54, 1.807) is 19.1 Å². The van der Waals surface area contributed by atoms with Crippen LogP contribution < -0.4 is 10.2 Å². The predicted molar refractivity (Wildman–Crippen MR) is 110 cm³/mol. The molecule has 2 aliphatic rings. The first kappa shape index (κ1) is 21.8. The molecule has 0 aromatic heterocycles.